The number of nitrogens with one attached hydrogen (secondary N) is 2. The van der Waals surface area contributed by atoms with Crippen molar-refractivity contribution >= 4 is 23.4 Å². The molecule has 2 aliphatic rings. The number of hydrogen-bond donors (Lipinski definition) is 2. The van der Waals surface area contributed by atoms with Gasteiger partial charge in [0.2, 0.25) is 0 Å². The summed E-state index contributed by atoms with van der Waals surface area (Å²) in [5.74, 6) is -0.715. The lowest BCUT2D eigenvalue weighted by atomic mass is 9.99. The zero-order chi connectivity index (χ0) is 29.8. The van der Waals surface area contributed by atoms with E-state index in [4.69, 9.17) is 14.2 Å². The molecule has 2 N–H and O–H groups in total. The van der Waals surface area contributed by atoms with Crippen LogP contribution < -0.4 is 29.7 Å². The van der Waals surface area contributed by atoms with Gasteiger partial charge in [-0.1, -0.05) is 0 Å². The maximum absolute atomic E-state index is 14.5. The lowest BCUT2D eigenvalue weighted by molar-refractivity contribution is -0.123. The van der Waals surface area contributed by atoms with Crippen molar-refractivity contribution < 1.29 is 33.0 Å². The summed E-state index contributed by atoms with van der Waals surface area (Å²) in [7, 11) is 5.31. The molecule has 11 heteroatoms. The highest BCUT2D eigenvalue weighted by Crippen LogP contribution is 2.29. The molecule has 3 amide bonds. The minimum Gasteiger partial charge on any atom is -0.493 e. The SMILES string of the molecule is COc1ccc2cc1OCC(=O)NCc1cc(F)cc(c1)O[C@@H]1CCN(C(=O)c3ccc(N(C)C)cc3)C[C@@H]1NC2=O. The summed E-state index contributed by atoms with van der Waals surface area (Å²) in [5.41, 5.74) is 2.28. The van der Waals surface area contributed by atoms with Crippen LogP contribution in [0.25, 0.3) is 0 Å². The van der Waals surface area contributed by atoms with Gasteiger partial charge >= 0.3 is 0 Å². The molecule has 0 aliphatic carbocycles. The number of benzene rings is 3. The van der Waals surface area contributed by atoms with E-state index < -0.39 is 29.8 Å². The Labute approximate surface area is 243 Å². The number of amides is 3. The molecule has 3 aromatic carbocycles. The number of halogens is 1. The summed E-state index contributed by atoms with van der Waals surface area (Å²) in [6.45, 7) is 0.289. The number of nitrogens with zero attached hydrogens (tertiary/aromatic N) is 2. The van der Waals surface area contributed by atoms with Crippen LogP contribution in [0.1, 0.15) is 32.7 Å². The van der Waals surface area contributed by atoms with Gasteiger partial charge in [-0.15, -0.1) is 0 Å². The van der Waals surface area contributed by atoms with Crippen molar-refractivity contribution in [2.75, 3.05) is 45.8 Å². The van der Waals surface area contributed by atoms with Gasteiger partial charge in [-0.25, -0.2) is 4.39 Å². The van der Waals surface area contributed by atoms with Crippen molar-refractivity contribution in [1.29, 1.82) is 0 Å². The molecule has 220 valence electrons. The monoisotopic (exact) mass is 576 g/mol. The van der Waals surface area contributed by atoms with Crippen LogP contribution in [0.4, 0.5) is 10.1 Å². The summed E-state index contributed by atoms with van der Waals surface area (Å²) in [5, 5.41) is 5.71. The zero-order valence-electron chi connectivity index (χ0n) is 23.7. The maximum Gasteiger partial charge on any atom is 0.258 e. The molecule has 5 rings (SSSR count). The van der Waals surface area contributed by atoms with Gasteiger partial charge in [0.1, 0.15) is 17.7 Å². The molecule has 0 saturated carbocycles. The number of piperidine rings is 1. The lowest BCUT2D eigenvalue weighted by Crippen LogP contribution is -2.58. The van der Waals surface area contributed by atoms with Crippen molar-refractivity contribution in [3.8, 4) is 17.2 Å². The van der Waals surface area contributed by atoms with Crippen LogP contribution in [0.3, 0.4) is 0 Å². The second-order valence-electron chi connectivity index (χ2n) is 10.4. The third-order valence-electron chi connectivity index (χ3n) is 7.28. The number of ether oxygens (including phenoxy) is 3. The van der Waals surface area contributed by atoms with Gasteiger partial charge in [-0.3, -0.25) is 14.4 Å². The molecule has 2 atom stereocenters. The Morgan fingerprint density at radius 2 is 1.86 bits per heavy atom. The molecule has 10 nitrogen and oxygen atoms in total. The summed E-state index contributed by atoms with van der Waals surface area (Å²) >= 11 is 0. The minimum atomic E-state index is -0.609. The first kappa shape index (κ1) is 28.7. The average molecular weight is 577 g/mol. The second kappa shape index (κ2) is 12.4. The average Bonchev–Trinajstić information content (AvgIpc) is 2.98. The smallest absolute Gasteiger partial charge is 0.258 e. The van der Waals surface area contributed by atoms with Gasteiger partial charge in [0.25, 0.3) is 17.7 Å². The third-order valence-corrected chi connectivity index (χ3v) is 7.28. The van der Waals surface area contributed by atoms with Crippen molar-refractivity contribution in [3.63, 3.8) is 0 Å². The Morgan fingerprint density at radius 3 is 2.60 bits per heavy atom. The number of hydrogen-bond acceptors (Lipinski definition) is 7. The minimum absolute atomic E-state index is 0.0627. The van der Waals surface area contributed by atoms with Crippen LogP contribution >= 0.6 is 0 Å². The summed E-state index contributed by atoms with van der Waals surface area (Å²) < 4.78 is 31.7. The van der Waals surface area contributed by atoms with E-state index in [0.717, 1.165) is 5.69 Å². The molecule has 2 heterocycles. The summed E-state index contributed by atoms with van der Waals surface area (Å²) in [6, 6.07) is 15.6. The molecule has 42 heavy (non-hydrogen) atoms. The van der Waals surface area contributed by atoms with E-state index in [2.05, 4.69) is 10.6 Å². The Bertz CT molecular complexity index is 1480. The number of carbonyl (C=O) groups excluding carboxylic acids is 3. The van der Waals surface area contributed by atoms with E-state index >= 15 is 0 Å². The molecule has 1 saturated heterocycles. The predicted octanol–water partition coefficient (Wildman–Crippen LogP) is 3.00. The van der Waals surface area contributed by atoms with Crippen LogP contribution in [0.2, 0.25) is 0 Å². The van der Waals surface area contributed by atoms with Crippen molar-refractivity contribution in [2.24, 2.45) is 0 Å². The van der Waals surface area contributed by atoms with Crippen LogP contribution in [0.5, 0.6) is 17.2 Å². The fourth-order valence-electron chi connectivity index (χ4n) is 5.02. The van der Waals surface area contributed by atoms with Gasteiger partial charge in [0.05, 0.1) is 13.2 Å². The van der Waals surface area contributed by atoms with Crippen LogP contribution in [0.15, 0.2) is 60.7 Å². The first-order valence-corrected chi connectivity index (χ1v) is 13.6. The van der Waals surface area contributed by atoms with E-state index in [1.165, 1.54) is 25.3 Å². The number of fused-ring (bicyclic) bond motifs is 5. The zero-order valence-corrected chi connectivity index (χ0v) is 23.7. The third kappa shape index (κ3) is 6.56. The predicted molar refractivity (Wildman–Crippen MR) is 154 cm³/mol. The largest absolute Gasteiger partial charge is 0.493 e. The second-order valence-corrected chi connectivity index (χ2v) is 10.4. The number of carbonyl (C=O) groups is 3. The van der Waals surface area contributed by atoms with E-state index in [-0.39, 0.29) is 42.7 Å². The highest BCUT2D eigenvalue weighted by molar-refractivity contribution is 5.96. The molecule has 2 aliphatic heterocycles. The molecular weight excluding hydrogens is 543 g/mol. The Morgan fingerprint density at radius 1 is 1.07 bits per heavy atom. The fraction of sp³-hybridized carbons (Fsp3) is 0.323. The Balaban J connectivity index is 1.45. The number of rotatable bonds is 3. The van der Waals surface area contributed by atoms with E-state index in [1.54, 1.807) is 35.2 Å². The quantitative estimate of drug-likeness (QED) is 0.494. The van der Waals surface area contributed by atoms with E-state index in [1.807, 2.05) is 31.1 Å². The van der Waals surface area contributed by atoms with Crippen LogP contribution in [-0.2, 0) is 11.3 Å². The first-order valence-electron chi connectivity index (χ1n) is 13.6. The van der Waals surface area contributed by atoms with Gasteiger partial charge < -0.3 is 34.6 Å². The normalized spacial score (nSPS) is 18.9. The van der Waals surface area contributed by atoms with E-state index in [9.17, 15) is 18.8 Å². The topological polar surface area (TPSA) is 109 Å². The fourth-order valence-corrected chi connectivity index (χ4v) is 5.02. The first-order chi connectivity index (χ1) is 20.2. The number of anilines is 1. The van der Waals surface area contributed by atoms with E-state index in [0.29, 0.717) is 29.8 Å². The van der Waals surface area contributed by atoms with Crippen molar-refractivity contribution in [1.82, 2.24) is 15.5 Å². The molecule has 0 unspecified atom stereocenters. The van der Waals surface area contributed by atoms with Crippen molar-refractivity contribution in [2.45, 2.75) is 25.1 Å². The summed E-state index contributed by atoms with van der Waals surface area (Å²) in [4.78, 5) is 43.0. The molecule has 0 aromatic heterocycles. The number of methoxy groups -OCH3 is 1. The molecule has 3 aromatic rings. The molecule has 0 radical (unpaired) electrons. The highest BCUT2D eigenvalue weighted by atomic mass is 19.1. The highest BCUT2D eigenvalue weighted by Gasteiger charge is 2.35. The van der Waals surface area contributed by atoms with Crippen LogP contribution in [-0.4, -0.2) is 75.7 Å². The van der Waals surface area contributed by atoms with Gasteiger partial charge in [-0.2, -0.15) is 0 Å². The van der Waals surface area contributed by atoms with Gasteiger partial charge in [-0.05, 0) is 60.2 Å². The molecular formula is C31H33FN4O6. The molecule has 4 bridgehead atoms. The molecule has 1 fully saturated rings. The standard InChI is InChI=1S/C31H33FN4O6/c1-35(2)23-7-4-20(5-8-23)31(39)36-11-10-26-25(17-36)34-30(38)21-6-9-27(40-3)28(14-21)41-18-29(37)33-16-19-12-22(32)15-24(13-19)42-26/h4-9,12-15,25-26H,10-11,16-18H2,1-3H3,(H,33,37)(H,34,38)/t25-,26+/m0/s1. The lowest BCUT2D eigenvalue weighted by Gasteiger charge is -2.39. The molecule has 0 spiro atoms. The summed E-state index contributed by atoms with van der Waals surface area (Å²) in [6.07, 6.45) is -0.160. The Hall–Kier alpha value is -4.80. The Kier molecular flexibility index (Phi) is 8.46. The van der Waals surface area contributed by atoms with Gasteiger partial charge in [0, 0.05) is 63.0 Å². The number of likely N-dealkylation sites (tertiary alicyclic amines) is 1. The van der Waals surface area contributed by atoms with Crippen molar-refractivity contribution in [3.05, 3.63) is 83.2 Å². The van der Waals surface area contributed by atoms with Crippen LogP contribution in [0, 0.1) is 5.82 Å². The van der Waals surface area contributed by atoms with Gasteiger partial charge in [0.15, 0.2) is 18.1 Å². The maximum atomic E-state index is 14.5.